The summed E-state index contributed by atoms with van der Waals surface area (Å²) in [6, 6.07) is 8.33. The van der Waals surface area contributed by atoms with Crippen molar-refractivity contribution in [1.82, 2.24) is 10.6 Å². The summed E-state index contributed by atoms with van der Waals surface area (Å²) in [6.45, 7) is 0.353. The first-order valence-electron chi connectivity index (χ1n) is 7.68. The molecule has 24 heavy (non-hydrogen) atoms. The minimum absolute atomic E-state index is 0.137. The molecule has 8 heteroatoms. The third-order valence-corrected chi connectivity index (χ3v) is 3.19. The summed E-state index contributed by atoms with van der Waals surface area (Å²) in [5.41, 5.74) is 6.22. The normalized spacial score (nSPS) is 11.4. The quantitative estimate of drug-likeness (QED) is 0.463. The lowest BCUT2D eigenvalue weighted by Gasteiger charge is -2.09. The largest absolute Gasteiger partial charge is 0.480 e. The zero-order valence-electron chi connectivity index (χ0n) is 13.4. The van der Waals surface area contributed by atoms with Gasteiger partial charge in [0.05, 0.1) is 6.54 Å². The molecule has 1 atom stereocenters. The lowest BCUT2D eigenvalue weighted by Crippen LogP contribution is -2.37. The van der Waals surface area contributed by atoms with Gasteiger partial charge in [-0.2, -0.15) is 0 Å². The van der Waals surface area contributed by atoms with Crippen LogP contribution in [0.4, 0.5) is 4.79 Å². The highest BCUT2D eigenvalue weighted by Gasteiger charge is 2.10. The lowest BCUT2D eigenvalue weighted by atomic mass is 10.1. The number of alkyl carbamates (subject to hydrolysis) is 1. The van der Waals surface area contributed by atoms with Gasteiger partial charge in [-0.25, -0.2) is 4.79 Å². The maximum absolute atomic E-state index is 11.5. The minimum Gasteiger partial charge on any atom is -0.480 e. The molecule has 0 heterocycles. The van der Waals surface area contributed by atoms with Gasteiger partial charge < -0.3 is 26.2 Å². The fraction of sp³-hybridized carbons (Fsp3) is 0.438. The van der Waals surface area contributed by atoms with Crippen LogP contribution in [0.1, 0.15) is 24.8 Å². The van der Waals surface area contributed by atoms with Crippen molar-refractivity contribution in [3.8, 4) is 0 Å². The van der Waals surface area contributed by atoms with E-state index in [1.54, 1.807) is 0 Å². The Morgan fingerprint density at radius 3 is 2.50 bits per heavy atom. The number of ether oxygens (including phenoxy) is 1. The van der Waals surface area contributed by atoms with E-state index in [1.165, 1.54) is 0 Å². The van der Waals surface area contributed by atoms with Crippen LogP contribution in [0.2, 0.25) is 0 Å². The van der Waals surface area contributed by atoms with Gasteiger partial charge in [0.1, 0.15) is 12.6 Å². The van der Waals surface area contributed by atoms with Gasteiger partial charge in [-0.15, -0.1) is 0 Å². The van der Waals surface area contributed by atoms with Crippen LogP contribution in [0.5, 0.6) is 0 Å². The molecule has 1 aromatic carbocycles. The second-order valence-electron chi connectivity index (χ2n) is 5.21. The summed E-state index contributed by atoms with van der Waals surface area (Å²) in [7, 11) is 0. The van der Waals surface area contributed by atoms with Crippen molar-refractivity contribution in [2.75, 3.05) is 13.1 Å². The highest BCUT2D eigenvalue weighted by Crippen LogP contribution is 2.00. The van der Waals surface area contributed by atoms with E-state index in [9.17, 15) is 14.4 Å². The summed E-state index contributed by atoms with van der Waals surface area (Å²) >= 11 is 0. The molecular weight excluding hydrogens is 314 g/mol. The van der Waals surface area contributed by atoms with Crippen molar-refractivity contribution < 1.29 is 24.2 Å². The Hall–Kier alpha value is -2.61. The Kier molecular flexibility index (Phi) is 8.91. The van der Waals surface area contributed by atoms with Crippen LogP contribution < -0.4 is 16.4 Å². The fourth-order valence-corrected chi connectivity index (χ4v) is 1.83. The zero-order chi connectivity index (χ0) is 17.8. The van der Waals surface area contributed by atoms with Crippen molar-refractivity contribution in [3.05, 3.63) is 35.9 Å². The predicted octanol–water partition coefficient (Wildman–Crippen LogP) is 0.611. The summed E-state index contributed by atoms with van der Waals surface area (Å²) in [6.07, 6.45) is 0.905. The standard InChI is InChI=1S/C16H23N3O5/c17-13(15(21)22)8-4-5-9-18-14(20)10-19-16(23)24-11-12-6-2-1-3-7-12/h1-3,6-7,13H,4-5,8-11,17H2,(H,18,20)(H,19,23)(H,21,22)/t13-/m0/s1. The number of carboxylic acid groups (broad SMARTS) is 1. The Morgan fingerprint density at radius 1 is 1.12 bits per heavy atom. The molecule has 0 aliphatic rings. The molecule has 0 radical (unpaired) electrons. The van der Waals surface area contributed by atoms with Crippen LogP contribution >= 0.6 is 0 Å². The van der Waals surface area contributed by atoms with E-state index in [-0.39, 0.29) is 19.1 Å². The number of carboxylic acids is 1. The first-order chi connectivity index (χ1) is 11.5. The maximum Gasteiger partial charge on any atom is 0.407 e. The van der Waals surface area contributed by atoms with Crippen molar-refractivity contribution in [3.63, 3.8) is 0 Å². The molecule has 1 rings (SSSR count). The summed E-state index contributed by atoms with van der Waals surface area (Å²) in [4.78, 5) is 33.5. The average molecular weight is 337 g/mol. The number of aliphatic carboxylic acids is 1. The Labute approximate surface area is 140 Å². The first-order valence-corrected chi connectivity index (χ1v) is 7.68. The molecule has 0 aliphatic heterocycles. The predicted molar refractivity (Wildman–Crippen MR) is 87.1 cm³/mol. The molecular formula is C16H23N3O5. The van der Waals surface area contributed by atoms with E-state index >= 15 is 0 Å². The van der Waals surface area contributed by atoms with Crippen LogP contribution in [-0.4, -0.2) is 42.2 Å². The molecule has 8 nitrogen and oxygen atoms in total. The Morgan fingerprint density at radius 2 is 1.83 bits per heavy atom. The number of carbonyl (C=O) groups is 3. The van der Waals surface area contributed by atoms with Crippen molar-refractivity contribution in [1.29, 1.82) is 0 Å². The fourth-order valence-electron chi connectivity index (χ4n) is 1.83. The van der Waals surface area contributed by atoms with Crippen LogP contribution in [0.15, 0.2) is 30.3 Å². The van der Waals surface area contributed by atoms with Crippen LogP contribution in [-0.2, 0) is 20.9 Å². The number of carbonyl (C=O) groups excluding carboxylic acids is 2. The third-order valence-electron chi connectivity index (χ3n) is 3.19. The summed E-state index contributed by atoms with van der Waals surface area (Å²) < 4.78 is 4.97. The molecule has 2 amide bonds. The molecule has 0 saturated heterocycles. The number of hydrogen-bond acceptors (Lipinski definition) is 5. The number of nitrogens with one attached hydrogen (secondary N) is 2. The van der Waals surface area contributed by atoms with Gasteiger partial charge in [0.2, 0.25) is 5.91 Å². The van der Waals surface area contributed by atoms with Crippen molar-refractivity contribution in [2.24, 2.45) is 5.73 Å². The molecule has 5 N–H and O–H groups in total. The van der Waals surface area contributed by atoms with E-state index in [2.05, 4.69) is 10.6 Å². The summed E-state index contributed by atoms with van der Waals surface area (Å²) in [5.74, 6) is -1.37. The molecule has 0 unspecified atom stereocenters. The third kappa shape index (κ3) is 8.74. The van der Waals surface area contributed by atoms with Gasteiger partial charge >= 0.3 is 12.1 Å². The zero-order valence-corrected chi connectivity index (χ0v) is 13.4. The molecule has 0 saturated carbocycles. The number of nitrogens with two attached hydrogens (primary N) is 1. The van der Waals surface area contributed by atoms with Crippen molar-refractivity contribution >= 4 is 18.0 Å². The molecule has 132 valence electrons. The van der Waals surface area contributed by atoms with Gasteiger partial charge in [-0.3, -0.25) is 9.59 Å². The monoisotopic (exact) mass is 337 g/mol. The minimum atomic E-state index is -1.03. The van der Waals surface area contributed by atoms with Gasteiger partial charge in [-0.1, -0.05) is 30.3 Å². The topological polar surface area (TPSA) is 131 Å². The smallest absolute Gasteiger partial charge is 0.407 e. The number of amides is 2. The van der Waals surface area contributed by atoms with E-state index < -0.39 is 18.1 Å². The van der Waals surface area contributed by atoms with Crippen molar-refractivity contribution in [2.45, 2.75) is 31.9 Å². The average Bonchev–Trinajstić information content (AvgIpc) is 2.58. The molecule has 0 bridgehead atoms. The van der Waals surface area contributed by atoms with Crippen LogP contribution in [0.3, 0.4) is 0 Å². The number of unbranched alkanes of at least 4 members (excludes halogenated alkanes) is 1. The molecule has 0 spiro atoms. The van der Waals surface area contributed by atoms with E-state index in [0.29, 0.717) is 25.8 Å². The highest BCUT2D eigenvalue weighted by molar-refractivity contribution is 5.82. The molecule has 0 aromatic heterocycles. The maximum atomic E-state index is 11.5. The van der Waals surface area contributed by atoms with E-state index in [0.717, 1.165) is 5.56 Å². The van der Waals surface area contributed by atoms with E-state index in [1.807, 2.05) is 30.3 Å². The highest BCUT2D eigenvalue weighted by atomic mass is 16.5. The second-order valence-corrected chi connectivity index (χ2v) is 5.21. The number of rotatable bonds is 10. The van der Waals surface area contributed by atoms with Gasteiger partial charge in [-0.05, 0) is 24.8 Å². The van der Waals surface area contributed by atoms with Crippen LogP contribution in [0, 0.1) is 0 Å². The summed E-state index contributed by atoms with van der Waals surface area (Å²) in [5, 5.41) is 13.6. The molecule has 1 aromatic rings. The number of hydrogen-bond donors (Lipinski definition) is 4. The second kappa shape index (κ2) is 11.0. The molecule has 0 aliphatic carbocycles. The number of benzene rings is 1. The first kappa shape index (κ1) is 19.4. The lowest BCUT2D eigenvalue weighted by molar-refractivity contribution is -0.138. The molecule has 0 fully saturated rings. The SMILES string of the molecule is N[C@@H](CCCCNC(=O)CNC(=O)OCc1ccccc1)C(=O)O. The van der Waals surface area contributed by atoms with Crippen LogP contribution in [0.25, 0.3) is 0 Å². The van der Waals surface area contributed by atoms with Gasteiger partial charge in [0.15, 0.2) is 0 Å². The Balaban J connectivity index is 2.04. The van der Waals surface area contributed by atoms with Gasteiger partial charge in [0, 0.05) is 6.54 Å². The van der Waals surface area contributed by atoms with Gasteiger partial charge in [0.25, 0.3) is 0 Å². The Bertz CT molecular complexity index is 536. The van der Waals surface area contributed by atoms with E-state index in [4.69, 9.17) is 15.6 Å².